The maximum absolute atomic E-state index is 13.4. The summed E-state index contributed by atoms with van der Waals surface area (Å²) in [7, 11) is 0. The summed E-state index contributed by atoms with van der Waals surface area (Å²) in [6.07, 6.45) is 5.22. The molecule has 0 saturated heterocycles. The van der Waals surface area contributed by atoms with E-state index in [1.54, 1.807) is 17.0 Å². The highest BCUT2D eigenvalue weighted by atomic mass is 19.1. The minimum absolute atomic E-state index is 0.0679. The molecule has 0 spiro atoms. The van der Waals surface area contributed by atoms with Gasteiger partial charge in [0.15, 0.2) is 0 Å². The van der Waals surface area contributed by atoms with Crippen molar-refractivity contribution < 1.29 is 14.0 Å². The zero-order chi connectivity index (χ0) is 23.5. The van der Waals surface area contributed by atoms with E-state index >= 15 is 0 Å². The van der Waals surface area contributed by atoms with Crippen molar-refractivity contribution in [2.45, 2.75) is 50.9 Å². The molecule has 5 nitrogen and oxygen atoms in total. The fourth-order valence-corrected chi connectivity index (χ4v) is 4.90. The normalized spacial score (nSPS) is 18.0. The van der Waals surface area contributed by atoms with Gasteiger partial charge < -0.3 is 15.5 Å². The van der Waals surface area contributed by atoms with Crippen molar-refractivity contribution >= 4 is 17.5 Å². The molecule has 1 saturated carbocycles. The van der Waals surface area contributed by atoms with Gasteiger partial charge in [-0.3, -0.25) is 9.59 Å². The van der Waals surface area contributed by atoms with Crippen molar-refractivity contribution in [3.8, 4) is 0 Å². The van der Waals surface area contributed by atoms with Crippen molar-refractivity contribution in [2.24, 2.45) is 0 Å². The molecule has 1 aliphatic heterocycles. The van der Waals surface area contributed by atoms with Crippen LogP contribution in [0.15, 0.2) is 72.8 Å². The van der Waals surface area contributed by atoms with Crippen LogP contribution in [0.1, 0.15) is 70.1 Å². The summed E-state index contributed by atoms with van der Waals surface area (Å²) in [4.78, 5) is 27.8. The Balaban J connectivity index is 1.37. The zero-order valence-corrected chi connectivity index (χ0v) is 19.0. The molecule has 2 aliphatic rings. The molecule has 0 aromatic heterocycles. The Labute approximate surface area is 199 Å². The predicted molar refractivity (Wildman–Crippen MR) is 130 cm³/mol. The summed E-state index contributed by atoms with van der Waals surface area (Å²) >= 11 is 0. The Bertz CT molecular complexity index is 1190. The Morgan fingerprint density at radius 1 is 0.941 bits per heavy atom. The number of halogens is 1. The van der Waals surface area contributed by atoms with Crippen LogP contribution in [-0.2, 0) is 6.54 Å². The third kappa shape index (κ3) is 4.67. The van der Waals surface area contributed by atoms with Gasteiger partial charge in [0.05, 0.1) is 0 Å². The first-order valence-electron chi connectivity index (χ1n) is 11.9. The molecule has 2 amide bonds. The molecule has 3 aromatic carbocycles. The standard InChI is InChI=1S/C28H28FN3O2/c29-21-15-13-19(14-16-21)18-32-26(24-11-4-5-12-25(24)28(32)34)30-23-10-6-7-20(17-23)27(33)31-22-8-2-1-3-9-22/h4-7,10-17,22,26,30H,1-3,8-9,18H2,(H,31,33). The Hall–Kier alpha value is -3.67. The van der Waals surface area contributed by atoms with Crippen molar-refractivity contribution in [1.82, 2.24) is 10.2 Å². The first kappa shape index (κ1) is 22.1. The van der Waals surface area contributed by atoms with E-state index in [1.807, 2.05) is 48.5 Å². The number of carbonyl (C=O) groups is 2. The van der Waals surface area contributed by atoms with Crippen molar-refractivity contribution in [2.75, 3.05) is 5.32 Å². The van der Waals surface area contributed by atoms with Gasteiger partial charge in [-0.2, -0.15) is 0 Å². The summed E-state index contributed by atoms with van der Waals surface area (Å²) in [6.45, 7) is 0.341. The second-order valence-corrected chi connectivity index (χ2v) is 9.08. The van der Waals surface area contributed by atoms with Gasteiger partial charge in [0, 0.05) is 35.0 Å². The molecule has 1 aliphatic carbocycles. The number of benzene rings is 3. The van der Waals surface area contributed by atoms with Crippen LogP contribution in [0.3, 0.4) is 0 Å². The van der Waals surface area contributed by atoms with Gasteiger partial charge in [0.1, 0.15) is 12.0 Å². The molecule has 5 rings (SSSR count). The summed E-state index contributed by atoms with van der Waals surface area (Å²) in [5.41, 5.74) is 3.73. The van der Waals surface area contributed by atoms with Gasteiger partial charge in [-0.25, -0.2) is 4.39 Å². The molecule has 1 atom stereocenters. The Morgan fingerprint density at radius 3 is 2.50 bits per heavy atom. The molecular weight excluding hydrogens is 429 g/mol. The molecule has 34 heavy (non-hydrogen) atoms. The lowest BCUT2D eigenvalue weighted by Gasteiger charge is -2.27. The topological polar surface area (TPSA) is 61.4 Å². The highest BCUT2D eigenvalue weighted by molar-refractivity contribution is 5.99. The van der Waals surface area contributed by atoms with Gasteiger partial charge in [0.2, 0.25) is 0 Å². The number of rotatable bonds is 6. The fourth-order valence-electron chi connectivity index (χ4n) is 4.90. The van der Waals surface area contributed by atoms with Gasteiger partial charge >= 0.3 is 0 Å². The van der Waals surface area contributed by atoms with Crippen LogP contribution in [0, 0.1) is 5.82 Å². The largest absolute Gasteiger partial charge is 0.361 e. The molecule has 3 aromatic rings. The van der Waals surface area contributed by atoms with E-state index in [0.29, 0.717) is 17.7 Å². The molecule has 1 fully saturated rings. The highest BCUT2D eigenvalue weighted by Crippen LogP contribution is 2.35. The van der Waals surface area contributed by atoms with E-state index in [1.165, 1.54) is 18.6 Å². The first-order chi connectivity index (χ1) is 16.6. The van der Waals surface area contributed by atoms with Gasteiger partial charge in [-0.15, -0.1) is 0 Å². The van der Waals surface area contributed by atoms with Crippen molar-refractivity contribution in [3.63, 3.8) is 0 Å². The number of hydrogen-bond donors (Lipinski definition) is 2. The van der Waals surface area contributed by atoms with E-state index in [2.05, 4.69) is 10.6 Å². The van der Waals surface area contributed by atoms with Gasteiger partial charge in [-0.1, -0.05) is 55.7 Å². The number of hydrogen-bond acceptors (Lipinski definition) is 3. The Morgan fingerprint density at radius 2 is 1.71 bits per heavy atom. The van der Waals surface area contributed by atoms with E-state index < -0.39 is 6.17 Å². The molecule has 1 heterocycles. The molecule has 6 heteroatoms. The average molecular weight is 458 g/mol. The quantitative estimate of drug-likeness (QED) is 0.503. The second kappa shape index (κ2) is 9.67. The third-order valence-electron chi connectivity index (χ3n) is 6.69. The average Bonchev–Trinajstić information content (AvgIpc) is 3.12. The summed E-state index contributed by atoms with van der Waals surface area (Å²) in [5, 5.41) is 6.62. The van der Waals surface area contributed by atoms with Crippen molar-refractivity contribution in [3.05, 3.63) is 101 Å². The summed E-state index contributed by atoms with van der Waals surface area (Å²) in [6, 6.07) is 21.4. The number of nitrogens with one attached hydrogen (secondary N) is 2. The van der Waals surface area contributed by atoms with Gasteiger partial charge in [-0.05, 0) is 54.8 Å². The highest BCUT2D eigenvalue weighted by Gasteiger charge is 2.36. The maximum Gasteiger partial charge on any atom is 0.256 e. The SMILES string of the molecule is O=C(NC1CCCCC1)c1cccc(NC2c3ccccc3C(=O)N2Cc2ccc(F)cc2)c1. The lowest BCUT2D eigenvalue weighted by Crippen LogP contribution is -2.36. The minimum Gasteiger partial charge on any atom is -0.361 e. The van der Waals surface area contributed by atoms with Crippen LogP contribution in [0.25, 0.3) is 0 Å². The monoisotopic (exact) mass is 457 g/mol. The molecular formula is C28H28FN3O2. The van der Waals surface area contributed by atoms with Crippen molar-refractivity contribution in [1.29, 1.82) is 0 Å². The molecule has 0 radical (unpaired) electrons. The van der Waals surface area contributed by atoms with E-state index in [0.717, 1.165) is 42.5 Å². The summed E-state index contributed by atoms with van der Waals surface area (Å²) < 4.78 is 13.4. The third-order valence-corrected chi connectivity index (χ3v) is 6.69. The number of anilines is 1. The number of carbonyl (C=O) groups excluding carboxylic acids is 2. The maximum atomic E-state index is 13.4. The van der Waals surface area contributed by atoms with Crippen LogP contribution in [0.5, 0.6) is 0 Å². The van der Waals surface area contributed by atoms with Crippen LogP contribution in [-0.4, -0.2) is 22.8 Å². The second-order valence-electron chi connectivity index (χ2n) is 9.08. The molecule has 174 valence electrons. The van der Waals surface area contributed by atoms with Gasteiger partial charge in [0.25, 0.3) is 11.8 Å². The van der Waals surface area contributed by atoms with Crippen LogP contribution < -0.4 is 10.6 Å². The number of fused-ring (bicyclic) bond motifs is 1. The molecule has 0 bridgehead atoms. The lowest BCUT2D eigenvalue weighted by molar-refractivity contribution is 0.0728. The Kier molecular flexibility index (Phi) is 6.30. The molecule has 2 N–H and O–H groups in total. The summed E-state index contributed by atoms with van der Waals surface area (Å²) in [5.74, 6) is -0.456. The van der Waals surface area contributed by atoms with Crippen LogP contribution >= 0.6 is 0 Å². The number of amides is 2. The van der Waals surface area contributed by atoms with E-state index in [-0.39, 0.29) is 23.7 Å². The van der Waals surface area contributed by atoms with E-state index in [4.69, 9.17) is 0 Å². The first-order valence-corrected chi connectivity index (χ1v) is 11.9. The smallest absolute Gasteiger partial charge is 0.256 e. The zero-order valence-electron chi connectivity index (χ0n) is 19.0. The molecule has 1 unspecified atom stereocenters. The predicted octanol–water partition coefficient (Wildman–Crippen LogP) is 5.65. The minimum atomic E-state index is -0.398. The van der Waals surface area contributed by atoms with E-state index in [9.17, 15) is 14.0 Å². The van der Waals surface area contributed by atoms with Crippen LogP contribution in [0.2, 0.25) is 0 Å². The lowest BCUT2D eigenvalue weighted by atomic mass is 9.95. The fraction of sp³-hybridized carbons (Fsp3) is 0.286. The van der Waals surface area contributed by atoms with Crippen LogP contribution in [0.4, 0.5) is 10.1 Å². The number of nitrogens with zero attached hydrogens (tertiary/aromatic N) is 1.